The number of H-pyrrole nitrogens is 1. The first-order valence-electron chi connectivity index (χ1n) is 14.5. The molecule has 216 valence electrons. The number of amides is 1. The zero-order valence-electron chi connectivity index (χ0n) is 25.0. The number of benzene rings is 1. The number of nitrogens with zero attached hydrogens (tertiary/aromatic N) is 3. The Balaban J connectivity index is 1.33. The first kappa shape index (κ1) is 28.6. The molecule has 1 aromatic carbocycles. The number of carbonyl (C=O) groups is 1. The zero-order chi connectivity index (χ0) is 29.3. The van der Waals surface area contributed by atoms with Crippen LogP contribution < -0.4 is 15.6 Å². The van der Waals surface area contributed by atoms with Gasteiger partial charge < -0.3 is 19.6 Å². The number of hydrogen-bond donors (Lipinski definition) is 2. The van der Waals surface area contributed by atoms with E-state index in [-0.39, 0.29) is 24.1 Å². The smallest absolute Gasteiger partial charge is 0.256 e. The molecule has 1 aliphatic rings. The maximum Gasteiger partial charge on any atom is 0.256 e. The van der Waals surface area contributed by atoms with Gasteiger partial charge >= 0.3 is 0 Å². The Labute approximate surface area is 241 Å². The maximum absolute atomic E-state index is 13.6. The number of nitrogens with one attached hydrogen (secondary N) is 2. The average Bonchev–Trinajstić information content (AvgIpc) is 3.23. The minimum Gasteiger partial charge on any atom is -0.496 e. The second-order valence-corrected chi connectivity index (χ2v) is 11.5. The predicted octanol–water partition coefficient (Wildman–Crippen LogP) is 5.37. The summed E-state index contributed by atoms with van der Waals surface area (Å²) in [5, 5.41) is 3.92. The Morgan fingerprint density at radius 3 is 2.46 bits per heavy atom. The lowest BCUT2D eigenvalue weighted by atomic mass is 9.89. The highest BCUT2D eigenvalue weighted by atomic mass is 16.5. The highest BCUT2D eigenvalue weighted by Gasteiger charge is 2.29. The molecule has 0 saturated carbocycles. The third-order valence-corrected chi connectivity index (χ3v) is 8.53. The summed E-state index contributed by atoms with van der Waals surface area (Å²) in [5.74, 6) is 0.789. The van der Waals surface area contributed by atoms with Crippen LogP contribution in [0.1, 0.15) is 70.1 Å². The number of carbonyl (C=O) groups excluding carboxylic acids is 1. The minimum atomic E-state index is -0.254. The Bertz CT molecular complexity index is 1610. The number of aromatic nitrogens is 3. The van der Waals surface area contributed by atoms with E-state index in [2.05, 4.69) is 63.7 Å². The van der Waals surface area contributed by atoms with Crippen molar-refractivity contribution < 1.29 is 9.53 Å². The summed E-state index contributed by atoms with van der Waals surface area (Å²) in [7, 11) is 1.53. The molecule has 0 unspecified atom stereocenters. The van der Waals surface area contributed by atoms with Crippen molar-refractivity contribution in [3.8, 4) is 5.75 Å². The highest BCUT2D eigenvalue weighted by molar-refractivity contribution is 6.08. The maximum atomic E-state index is 13.6. The van der Waals surface area contributed by atoms with Gasteiger partial charge in [-0.1, -0.05) is 18.2 Å². The van der Waals surface area contributed by atoms with Crippen molar-refractivity contribution in [3.05, 3.63) is 92.3 Å². The third-order valence-electron chi connectivity index (χ3n) is 8.53. The van der Waals surface area contributed by atoms with Crippen LogP contribution in [0.15, 0.2) is 47.3 Å². The molecule has 8 nitrogen and oxygen atoms in total. The average molecular weight is 556 g/mol. The van der Waals surface area contributed by atoms with Crippen molar-refractivity contribution in [1.29, 1.82) is 0 Å². The van der Waals surface area contributed by atoms with Crippen LogP contribution in [0, 0.1) is 33.6 Å². The monoisotopic (exact) mass is 555 g/mol. The third kappa shape index (κ3) is 5.93. The van der Waals surface area contributed by atoms with Crippen LogP contribution in [0.3, 0.4) is 0 Å². The zero-order valence-corrected chi connectivity index (χ0v) is 25.0. The van der Waals surface area contributed by atoms with Crippen LogP contribution in [0.5, 0.6) is 5.75 Å². The first-order chi connectivity index (χ1) is 19.7. The molecule has 3 aromatic heterocycles. The van der Waals surface area contributed by atoms with Crippen molar-refractivity contribution in [3.63, 3.8) is 0 Å². The molecule has 1 fully saturated rings. The van der Waals surface area contributed by atoms with Gasteiger partial charge in [0.05, 0.1) is 24.8 Å². The van der Waals surface area contributed by atoms with E-state index in [4.69, 9.17) is 4.74 Å². The first-order valence-corrected chi connectivity index (χ1v) is 14.5. The molecule has 8 heteroatoms. The van der Waals surface area contributed by atoms with Gasteiger partial charge in [-0.05, 0) is 96.3 Å². The number of aryl methyl sites for hydroxylation is 3. The summed E-state index contributed by atoms with van der Waals surface area (Å²) in [5.41, 5.74) is 7.02. The van der Waals surface area contributed by atoms with E-state index in [0.717, 1.165) is 60.5 Å². The van der Waals surface area contributed by atoms with E-state index in [1.807, 2.05) is 25.1 Å². The largest absolute Gasteiger partial charge is 0.496 e. The molecular weight excluding hydrogens is 514 g/mol. The number of likely N-dealkylation sites (tertiary alicyclic amines) is 1. The van der Waals surface area contributed by atoms with Gasteiger partial charge in [-0.15, -0.1) is 0 Å². The molecule has 1 amide bonds. The van der Waals surface area contributed by atoms with Gasteiger partial charge in [-0.2, -0.15) is 0 Å². The molecule has 41 heavy (non-hydrogen) atoms. The van der Waals surface area contributed by atoms with Crippen LogP contribution in [0.25, 0.3) is 10.9 Å². The molecule has 0 aliphatic carbocycles. The van der Waals surface area contributed by atoms with E-state index < -0.39 is 0 Å². The number of pyridine rings is 2. The number of fused-ring (bicyclic) bond motifs is 1. The van der Waals surface area contributed by atoms with Gasteiger partial charge in [-0.25, -0.2) is 0 Å². The molecule has 0 radical (unpaired) electrons. The summed E-state index contributed by atoms with van der Waals surface area (Å²) in [6.45, 7) is 13.4. The van der Waals surface area contributed by atoms with Crippen molar-refractivity contribution in [2.24, 2.45) is 5.92 Å². The van der Waals surface area contributed by atoms with E-state index in [1.165, 1.54) is 12.7 Å². The van der Waals surface area contributed by atoms with Gasteiger partial charge in [0.1, 0.15) is 5.75 Å². The molecule has 2 N–H and O–H groups in total. The number of piperidine rings is 1. The lowest BCUT2D eigenvalue weighted by Gasteiger charge is -2.36. The number of aromatic amines is 1. The summed E-state index contributed by atoms with van der Waals surface area (Å²) in [6, 6.07) is 14.5. The van der Waals surface area contributed by atoms with Crippen LogP contribution in [0.2, 0.25) is 0 Å². The Morgan fingerprint density at radius 1 is 1.10 bits per heavy atom. The summed E-state index contributed by atoms with van der Waals surface area (Å²) in [6.07, 6.45) is 2.21. The van der Waals surface area contributed by atoms with Crippen LogP contribution in [-0.4, -0.2) is 45.5 Å². The van der Waals surface area contributed by atoms with Gasteiger partial charge in [0.15, 0.2) is 0 Å². The minimum absolute atomic E-state index is 0.0844. The molecule has 4 heterocycles. The molecule has 1 aliphatic heterocycles. The number of rotatable bonds is 8. The number of methoxy groups -OCH3 is 1. The van der Waals surface area contributed by atoms with Gasteiger partial charge in [0.2, 0.25) is 0 Å². The summed E-state index contributed by atoms with van der Waals surface area (Å²) < 4.78 is 7.76. The fraction of sp³-hybridized carbons (Fsp3) is 0.424. The van der Waals surface area contributed by atoms with E-state index >= 15 is 0 Å². The highest BCUT2D eigenvalue weighted by Crippen LogP contribution is 2.36. The van der Waals surface area contributed by atoms with Crippen LogP contribution in [0.4, 0.5) is 0 Å². The van der Waals surface area contributed by atoms with Gasteiger partial charge in [-0.3, -0.25) is 19.5 Å². The van der Waals surface area contributed by atoms with Crippen molar-refractivity contribution in [1.82, 2.24) is 24.8 Å². The van der Waals surface area contributed by atoms with Gasteiger partial charge in [0, 0.05) is 46.3 Å². The predicted molar refractivity (Wildman–Crippen MR) is 163 cm³/mol. The SMILES string of the molecule is COc1cc(C)[nH]c(=O)c1CNC(=O)c1c(C)n([C@H](C)C2CCN(Cc3cc(C)nc(C)c3)CC2)c2ccccc12. The van der Waals surface area contributed by atoms with E-state index in [0.29, 0.717) is 28.5 Å². The molecular formula is C33H41N5O3. The van der Waals surface area contributed by atoms with Crippen molar-refractivity contribution in [2.45, 2.75) is 66.6 Å². The molecule has 0 bridgehead atoms. The number of ether oxygens (including phenoxy) is 1. The second kappa shape index (κ2) is 11.9. The molecule has 4 aromatic rings. The molecule has 5 rings (SSSR count). The fourth-order valence-electron chi connectivity index (χ4n) is 6.57. The molecule has 0 spiro atoms. The van der Waals surface area contributed by atoms with Crippen LogP contribution in [-0.2, 0) is 13.1 Å². The summed E-state index contributed by atoms with van der Waals surface area (Å²) in [4.78, 5) is 36.0. The Kier molecular flexibility index (Phi) is 8.31. The topological polar surface area (TPSA) is 92.2 Å². The molecule has 1 atom stereocenters. The van der Waals surface area contributed by atoms with Crippen LogP contribution >= 0.6 is 0 Å². The summed E-state index contributed by atoms with van der Waals surface area (Å²) >= 11 is 0. The molecule has 1 saturated heterocycles. The van der Waals surface area contributed by atoms with E-state index in [1.54, 1.807) is 13.0 Å². The second-order valence-electron chi connectivity index (χ2n) is 11.5. The normalized spacial score (nSPS) is 15.3. The quantitative estimate of drug-likeness (QED) is 0.305. The van der Waals surface area contributed by atoms with Crippen molar-refractivity contribution >= 4 is 16.8 Å². The Morgan fingerprint density at radius 2 is 1.78 bits per heavy atom. The lowest BCUT2D eigenvalue weighted by Crippen LogP contribution is -2.36. The lowest BCUT2D eigenvalue weighted by molar-refractivity contribution is 0.0951. The van der Waals surface area contributed by atoms with Crippen molar-refractivity contribution in [2.75, 3.05) is 20.2 Å². The Hall–Kier alpha value is -3.91. The number of hydrogen-bond acceptors (Lipinski definition) is 5. The fourth-order valence-corrected chi connectivity index (χ4v) is 6.57. The standard InChI is InChI=1S/C33H41N5O3/c1-20-15-25(16-21(2)35-20)19-37-13-11-26(12-14-37)23(4)38-24(5)31(27-9-7-8-10-29(27)38)33(40)34-18-28-30(41-6)17-22(3)36-32(28)39/h7-10,15-17,23,26H,11-14,18-19H2,1-6H3,(H,34,40)(H,36,39)/t23-/m1/s1. The van der Waals surface area contributed by atoms with Gasteiger partial charge in [0.25, 0.3) is 11.5 Å². The van der Waals surface area contributed by atoms with E-state index in [9.17, 15) is 9.59 Å². The number of para-hydroxylation sites is 1.